The molecule has 0 bridgehead atoms. The molecule has 3 aliphatic rings. The number of rotatable bonds is 75. The fraction of sp³-hybridized carbons (Fsp3) is 0.989. The number of nitrogens with one attached hydrogen (secondary N) is 1. The molecule has 0 aliphatic carbocycles. The predicted molar refractivity (Wildman–Crippen MR) is 425 cm³/mol. The molecule has 3 fully saturated rings. The number of aliphatic hydroxyl groups excluding tert-OH is 11. The van der Waals surface area contributed by atoms with Gasteiger partial charge in [0.2, 0.25) is 5.91 Å². The molecule has 3 aliphatic heterocycles. The van der Waals surface area contributed by atoms with E-state index in [0.29, 0.717) is 12.8 Å². The second-order valence-electron chi connectivity index (χ2n) is 32.8. The lowest BCUT2D eigenvalue weighted by Crippen LogP contribution is -2.66. The Balaban J connectivity index is 1.27. The molecular formula is C87H169NO18. The Bertz CT molecular complexity index is 1910. The van der Waals surface area contributed by atoms with Crippen molar-refractivity contribution in [3.05, 3.63) is 0 Å². The van der Waals surface area contributed by atoms with E-state index in [1.54, 1.807) is 0 Å². The van der Waals surface area contributed by atoms with Gasteiger partial charge in [0.15, 0.2) is 18.9 Å². The standard InChI is InChI=1S/C87H169NO18/c1-3-5-7-9-11-13-15-17-19-21-23-25-26-27-28-29-30-31-32-33-34-35-36-37-38-39-40-41-42-43-45-47-49-51-53-55-57-59-61-63-65-75(93)88-70(71(92)64-62-60-58-56-54-52-50-48-46-44-24-22-20-18-16-14-12-10-8-6-4-2)69-101-85-81(99)78(96)83(73(67-90)103-85)106-87-82(100)79(97)84(74(68-91)104-87)105-86-80(98)77(95)76(94)72(66-89)102-86/h70-74,76-87,89-92,94-100H,3-69H2,1-2H3,(H,88,93). The van der Waals surface area contributed by atoms with E-state index in [-0.39, 0.29) is 18.9 Å². The Morgan fingerprint density at radius 3 is 0.821 bits per heavy atom. The number of ether oxygens (including phenoxy) is 6. The van der Waals surface area contributed by atoms with Crippen molar-refractivity contribution >= 4 is 5.91 Å². The van der Waals surface area contributed by atoms with Gasteiger partial charge in [0.05, 0.1) is 38.6 Å². The zero-order valence-corrected chi connectivity index (χ0v) is 68.0. The summed E-state index contributed by atoms with van der Waals surface area (Å²) in [5, 5.41) is 121. The van der Waals surface area contributed by atoms with Crippen LogP contribution in [0.15, 0.2) is 0 Å². The Morgan fingerprint density at radius 1 is 0.302 bits per heavy atom. The third-order valence-corrected chi connectivity index (χ3v) is 23.2. The summed E-state index contributed by atoms with van der Waals surface area (Å²) < 4.78 is 34.6. The molecule has 1 amide bonds. The molecule has 0 radical (unpaired) electrons. The van der Waals surface area contributed by atoms with Gasteiger partial charge in [0.1, 0.15) is 73.2 Å². The van der Waals surface area contributed by atoms with E-state index >= 15 is 0 Å². The van der Waals surface area contributed by atoms with Gasteiger partial charge in [-0.3, -0.25) is 4.79 Å². The van der Waals surface area contributed by atoms with E-state index in [1.807, 2.05) is 0 Å². The topological polar surface area (TPSA) is 307 Å². The first kappa shape index (κ1) is 99.0. The maximum Gasteiger partial charge on any atom is 0.220 e. The smallest absolute Gasteiger partial charge is 0.220 e. The average Bonchev–Trinajstić information content (AvgIpc) is 0.780. The van der Waals surface area contributed by atoms with Gasteiger partial charge in [-0.15, -0.1) is 0 Å². The number of carbonyl (C=O) groups excluding carboxylic acids is 1. The number of hydrogen-bond donors (Lipinski definition) is 12. The van der Waals surface area contributed by atoms with Gasteiger partial charge in [-0.05, 0) is 12.8 Å². The highest BCUT2D eigenvalue weighted by Gasteiger charge is 2.54. The molecule has 3 rings (SSSR count). The Hall–Kier alpha value is -1.21. The van der Waals surface area contributed by atoms with Crippen LogP contribution in [0.4, 0.5) is 0 Å². The number of aliphatic hydroxyl groups is 11. The highest BCUT2D eigenvalue weighted by Crippen LogP contribution is 2.34. The van der Waals surface area contributed by atoms with Crippen molar-refractivity contribution in [2.45, 2.75) is 523 Å². The highest BCUT2D eigenvalue weighted by molar-refractivity contribution is 5.76. The van der Waals surface area contributed by atoms with E-state index in [9.17, 15) is 61.0 Å². The van der Waals surface area contributed by atoms with Crippen LogP contribution in [0.1, 0.15) is 418 Å². The van der Waals surface area contributed by atoms with E-state index in [0.717, 1.165) is 44.9 Å². The number of hydrogen-bond acceptors (Lipinski definition) is 18. The van der Waals surface area contributed by atoms with Gasteiger partial charge >= 0.3 is 0 Å². The minimum absolute atomic E-state index is 0.231. The predicted octanol–water partition coefficient (Wildman–Crippen LogP) is 16.9. The van der Waals surface area contributed by atoms with Crippen LogP contribution in [0.5, 0.6) is 0 Å². The lowest BCUT2D eigenvalue weighted by atomic mass is 9.96. The van der Waals surface area contributed by atoms with Crippen molar-refractivity contribution in [1.29, 1.82) is 0 Å². The maximum absolute atomic E-state index is 13.5. The quantitative estimate of drug-likeness (QED) is 0.0252. The van der Waals surface area contributed by atoms with Crippen molar-refractivity contribution in [3.8, 4) is 0 Å². The molecule has 3 saturated heterocycles. The summed E-state index contributed by atoms with van der Waals surface area (Å²) in [6, 6.07) is -0.884. The first-order valence-electron chi connectivity index (χ1n) is 45.3. The first-order valence-corrected chi connectivity index (χ1v) is 45.3. The van der Waals surface area contributed by atoms with Crippen molar-refractivity contribution in [3.63, 3.8) is 0 Å². The molecule has 0 aromatic rings. The molecule has 0 saturated carbocycles. The molecule has 630 valence electrons. The Labute approximate surface area is 646 Å². The van der Waals surface area contributed by atoms with Crippen molar-refractivity contribution in [2.75, 3.05) is 26.4 Å². The second-order valence-corrected chi connectivity index (χ2v) is 32.8. The van der Waals surface area contributed by atoms with Crippen LogP contribution in [-0.4, -0.2) is 193 Å². The molecule has 3 heterocycles. The Kier molecular flexibility index (Phi) is 63.7. The van der Waals surface area contributed by atoms with Gasteiger partial charge < -0.3 is 89.9 Å². The molecule has 19 heteroatoms. The minimum Gasteiger partial charge on any atom is -0.394 e. The molecule has 17 unspecified atom stereocenters. The van der Waals surface area contributed by atoms with Crippen LogP contribution >= 0.6 is 0 Å². The summed E-state index contributed by atoms with van der Waals surface area (Å²) in [6.45, 7) is 1.88. The molecule has 0 aromatic carbocycles. The third-order valence-electron chi connectivity index (χ3n) is 23.2. The highest BCUT2D eigenvalue weighted by atomic mass is 16.8. The van der Waals surface area contributed by atoms with Crippen LogP contribution in [0.2, 0.25) is 0 Å². The fourth-order valence-electron chi connectivity index (χ4n) is 16.0. The van der Waals surface area contributed by atoms with E-state index in [1.165, 1.54) is 340 Å². The second kappa shape index (κ2) is 68.2. The minimum atomic E-state index is -1.97. The number of unbranched alkanes of at least 4 members (excludes halogenated alkanes) is 59. The Morgan fingerprint density at radius 2 is 0.538 bits per heavy atom. The lowest BCUT2D eigenvalue weighted by molar-refractivity contribution is -0.379. The monoisotopic (exact) mass is 1520 g/mol. The fourth-order valence-corrected chi connectivity index (χ4v) is 16.0. The van der Waals surface area contributed by atoms with Crippen LogP contribution in [-0.2, 0) is 33.2 Å². The normalized spacial score (nSPS) is 25.5. The maximum atomic E-state index is 13.5. The zero-order chi connectivity index (χ0) is 76.7. The molecule has 17 atom stereocenters. The largest absolute Gasteiger partial charge is 0.394 e. The summed E-state index contributed by atoms with van der Waals surface area (Å²) in [4.78, 5) is 13.5. The summed E-state index contributed by atoms with van der Waals surface area (Å²) in [5.41, 5.74) is 0. The SMILES string of the molecule is CCCCCCCCCCCCCCCCCCCCCCCCCCCCCCCCCCCCCCCCCCC(=O)NC(COC1OC(CO)C(OC2OC(CO)C(OC3OC(CO)C(O)C(O)C3O)C(O)C2O)C(O)C1O)C(O)CCCCCCCCCCCCCCCCCCCCCCC. The van der Waals surface area contributed by atoms with Crippen molar-refractivity contribution in [2.24, 2.45) is 0 Å². The van der Waals surface area contributed by atoms with Crippen LogP contribution in [0.25, 0.3) is 0 Å². The summed E-state index contributed by atoms with van der Waals surface area (Å²) in [5.74, 6) is -0.231. The molecule has 106 heavy (non-hydrogen) atoms. The third kappa shape index (κ3) is 46.8. The van der Waals surface area contributed by atoms with Gasteiger partial charge in [-0.2, -0.15) is 0 Å². The molecule has 0 spiro atoms. The van der Waals surface area contributed by atoms with E-state index < -0.39 is 124 Å². The first-order chi connectivity index (χ1) is 51.8. The van der Waals surface area contributed by atoms with Crippen LogP contribution in [0, 0.1) is 0 Å². The van der Waals surface area contributed by atoms with E-state index in [2.05, 4.69) is 19.2 Å². The van der Waals surface area contributed by atoms with Crippen LogP contribution in [0.3, 0.4) is 0 Å². The summed E-state index contributed by atoms with van der Waals surface area (Å²) >= 11 is 0. The van der Waals surface area contributed by atoms with Crippen molar-refractivity contribution in [1.82, 2.24) is 5.32 Å². The number of carbonyl (C=O) groups is 1. The zero-order valence-electron chi connectivity index (χ0n) is 68.0. The summed E-state index contributed by atoms with van der Waals surface area (Å²) in [6.07, 6.45) is 55.2. The van der Waals surface area contributed by atoms with Gasteiger partial charge in [-0.1, -0.05) is 399 Å². The van der Waals surface area contributed by atoms with Gasteiger partial charge in [0, 0.05) is 6.42 Å². The van der Waals surface area contributed by atoms with Gasteiger partial charge in [-0.25, -0.2) is 0 Å². The molecule has 12 N–H and O–H groups in total. The molecule has 0 aromatic heterocycles. The molecular weight excluding hydrogens is 1350 g/mol. The average molecular weight is 1520 g/mol. The van der Waals surface area contributed by atoms with Gasteiger partial charge in [0.25, 0.3) is 0 Å². The van der Waals surface area contributed by atoms with Crippen LogP contribution < -0.4 is 5.32 Å². The lowest BCUT2D eigenvalue weighted by Gasteiger charge is -2.48. The number of amides is 1. The molecule has 19 nitrogen and oxygen atoms in total. The summed E-state index contributed by atoms with van der Waals surface area (Å²) in [7, 11) is 0. The van der Waals surface area contributed by atoms with E-state index in [4.69, 9.17) is 28.4 Å². The van der Waals surface area contributed by atoms with Crippen molar-refractivity contribution < 1.29 is 89.4 Å².